The van der Waals surface area contributed by atoms with Crippen LogP contribution in [0.5, 0.6) is 0 Å². The summed E-state index contributed by atoms with van der Waals surface area (Å²) in [5.74, 6) is 0.896. The summed E-state index contributed by atoms with van der Waals surface area (Å²) in [4.78, 5) is 11.4. The van der Waals surface area contributed by atoms with Gasteiger partial charge in [0.15, 0.2) is 0 Å². The maximum absolute atomic E-state index is 11.4. The lowest BCUT2D eigenvalue weighted by Crippen LogP contribution is -2.00. The van der Waals surface area contributed by atoms with Crippen molar-refractivity contribution in [3.8, 4) is 11.3 Å². The zero-order valence-electron chi connectivity index (χ0n) is 9.36. The summed E-state index contributed by atoms with van der Waals surface area (Å²) in [6.45, 7) is 3.88. The Hall–Kier alpha value is -1.61. The van der Waals surface area contributed by atoms with E-state index in [9.17, 15) is 4.79 Å². The molecule has 1 aliphatic heterocycles. The molecule has 3 heteroatoms. The molecule has 0 radical (unpaired) electrons. The maximum Gasteiger partial charge on any atom is 0.342 e. The van der Waals surface area contributed by atoms with Crippen molar-refractivity contribution < 1.29 is 9.52 Å². The van der Waals surface area contributed by atoms with E-state index in [-0.39, 0.29) is 6.61 Å². The lowest BCUT2D eigenvalue weighted by molar-refractivity contribution is 0.279. The fraction of sp³-hybridized carbons (Fsp3) is 0.308. The second-order valence-corrected chi connectivity index (χ2v) is 4.13. The average Bonchev–Trinajstić information content (AvgIpc) is 2.42. The van der Waals surface area contributed by atoms with Gasteiger partial charge < -0.3 is 9.52 Å². The first-order valence-corrected chi connectivity index (χ1v) is 5.30. The third kappa shape index (κ3) is 1.74. The SMILES string of the molecule is CC(C)c1cccc2oc(=O)c(CO)c-2c1. The number of furan rings is 1. The van der Waals surface area contributed by atoms with Crippen LogP contribution in [-0.4, -0.2) is 5.11 Å². The van der Waals surface area contributed by atoms with Gasteiger partial charge in [0.1, 0.15) is 5.76 Å². The van der Waals surface area contributed by atoms with Crippen LogP contribution in [-0.2, 0) is 6.61 Å². The van der Waals surface area contributed by atoms with Gasteiger partial charge in [-0.05, 0) is 23.6 Å². The van der Waals surface area contributed by atoms with Crippen molar-refractivity contribution >= 4 is 0 Å². The molecule has 0 saturated heterocycles. The van der Waals surface area contributed by atoms with Crippen molar-refractivity contribution in [2.75, 3.05) is 0 Å². The number of rotatable bonds is 2. The highest BCUT2D eigenvalue weighted by atomic mass is 16.4. The van der Waals surface area contributed by atoms with Gasteiger partial charge in [-0.1, -0.05) is 26.0 Å². The number of aliphatic hydroxyl groups is 1. The van der Waals surface area contributed by atoms with E-state index in [1.165, 1.54) is 0 Å². The monoisotopic (exact) mass is 218 g/mol. The zero-order chi connectivity index (χ0) is 11.7. The van der Waals surface area contributed by atoms with Crippen LogP contribution in [0.4, 0.5) is 0 Å². The predicted octanol–water partition coefficient (Wildman–Crippen LogP) is 2.36. The highest BCUT2D eigenvalue weighted by Crippen LogP contribution is 2.27. The van der Waals surface area contributed by atoms with Crippen molar-refractivity contribution in [3.63, 3.8) is 0 Å². The molecule has 1 N–H and O–H groups in total. The molecule has 2 rings (SSSR count). The van der Waals surface area contributed by atoms with E-state index in [1.54, 1.807) is 6.07 Å². The Kier molecular flexibility index (Phi) is 2.79. The Balaban J connectivity index is 2.73. The lowest BCUT2D eigenvalue weighted by atomic mass is 10.0. The summed E-state index contributed by atoms with van der Waals surface area (Å²) in [7, 11) is 0. The summed E-state index contributed by atoms with van der Waals surface area (Å²) in [5.41, 5.74) is 1.72. The van der Waals surface area contributed by atoms with Crippen molar-refractivity contribution in [1.82, 2.24) is 0 Å². The normalized spacial score (nSPS) is 11.2. The number of fused-ring (bicyclic) bond motifs is 1. The molecule has 0 aromatic carbocycles. The molecule has 0 spiro atoms. The van der Waals surface area contributed by atoms with Crippen LogP contribution < -0.4 is 5.63 Å². The fourth-order valence-corrected chi connectivity index (χ4v) is 1.73. The molecule has 0 aromatic heterocycles. The molecule has 0 bridgehead atoms. The van der Waals surface area contributed by atoms with Crippen molar-refractivity contribution in [2.45, 2.75) is 26.4 Å². The Morgan fingerprint density at radius 1 is 1.38 bits per heavy atom. The first-order chi connectivity index (χ1) is 7.63. The first-order valence-electron chi connectivity index (χ1n) is 5.30. The van der Waals surface area contributed by atoms with Gasteiger partial charge in [-0.3, -0.25) is 0 Å². The van der Waals surface area contributed by atoms with Gasteiger partial charge in [0, 0.05) is 5.56 Å². The van der Waals surface area contributed by atoms with Crippen LogP contribution in [0.1, 0.15) is 30.9 Å². The van der Waals surface area contributed by atoms with E-state index in [4.69, 9.17) is 9.52 Å². The minimum absolute atomic E-state index is 0.284. The average molecular weight is 218 g/mol. The third-order valence-corrected chi connectivity index (χ3v) is 2.71. The Labute approximate surface area is 93.7 Å². The van der Waals surface area contributed by atoms with Crippen LogP contribution >= 0.6 is 0 Å². The summed E-state index contributed by atoms with van der Waals surface area (Å²) >= 11 is 0. The topological polar surface area (TPSA) is 50.4 Å². The highest BCUT2D eigenvalue weighted by Gasteiger charge is 2.16. The van der Waals surface area contributed by atoms with Gasteiger partial charge in [-0.25, -0.2) is 4.79 Å². The Morgan fingerprint density at radius 2 is 2.12 bits per heavy atom. The van der Waals surface area contributed by atoms with Crippen LogP contribution in [0.15, 0.2) is 33.5 Å². The van der Waals surface area contributed by atoms with Crippen LogP contribution in [0.25, 0.3) is 11.3 Å². The van der Waals surface area contributed by atoms with E-state index >= 15 is 0 Å². The molecule has 0 unspecified atom stereocenters. The van der Waals surface area contributed by atoms with Gasteiger partial charge in [0.05, 0.1) is 12.2 Å². The number of hydrogen-bond donors (Lipinski definition) is 1. The van der Waals surface area contributed by atoms with Gasteiger partial charge >= 0.3 is 5.63 Å². The molecule has 16 heavy (non-hydrogen) atoms. The smallest absolute Gasteiger partial charge is 0.342 e. The van der Waals surface area contributed by atoms with Crippen molar-refractivity contribution in [3.05, 3.63) is 45.8 Å². The number of aliphatic hydroxyl groups excluding tert-OH is 1. The summed E-state index contributed by atoms with van der Waals surface area (Å²) < 4.78 is 5.07. The molecule has 1 aliphatic carbocycles. The molecule has 0 atom stereocenters. The molecule has 0 amide bonds. The van der Waals surface area contributed by atoms with E-state index in [0.29, 0.717) is 22.8 Å². The summed E-state index contributed by atoms with van der Waals surface area (Å²) in [5, 5.41) is 9.16. The lowest BCUT2D eigenvalue weighted by Gasteiger charge is -2.02. The van der Waals surface area contributed by atoms with E-state index in [1.807, 2.05) is 18.2 Å². The Morgan fingerprint density at radius 3 is 2.75 bits per heavy atom. The molecule has 0 aromatic rings. The van der Waals surface area contributed by atoms with Gasteiger partial charge in [0.25, 0.3) is 0 Å². The van der Waals surface area contributed by atoms with E-state index in [2.05, 4.69) is 13.8 Å². The molecule has 3 nitrogen and oxygen atoms in total. The van der Waals surface area contributed by atoms with Gasteiger partial charge in [-0.2, -0.15) is 0 Å². The second-order valence-electron chi connectivity index (χ2n) is 4.13. The van der Waals surface area contributed by atoms with E-state index < -0.39 is 5.63 Å². The van der Waals surface area contributed by atoms with Crippen LogP contribution in [0.2, 0.25) is 0 Å². The fourth-order valence-electron chi connectivity index (χ4n) is 1.73. The summed E-state index contributed by atoms with van der Waals surface area (Å²) in [6.07, 6.45) is 0. The largest absolute Gasteiger partial charge is 0.422 e. The van der Waals surface area contributed by atoms with Gasteiger partial charge in [0.2, 0.25) is 0 Å². The minimum Gasteiger partial charge on any atom is -0.422 e. The van der Waals surface area contributed by atoms with Crippen LogP contribution in [0, 0.1) is 0 Å². The van der Waals surface area contributed by atoms with E-state index in [0.717, 1.165) is 5.56 Å². The maximum atomic E-state index is 11.4. The number of hydrogen-bond acceptors (Lipinski definition) is 3. The molecule has 84 valence electrons. The predicted molar refractivity (Wildman–Crippen MR) is 61.6 cm³/mol. The first kappa shape index (κ1) is 10.9. The molecular formula is C13H14O3. The quantitative estimate of drug-likeness (QED) is 0.841. The molecule has 0 saturated carbocycles. The molecule has 2 aliphatic rings. The molecule has 0 fully saturated rings. The van der Waals surface area contributed by atoms with Gasteiger partial charge in [-0.15, -0.1) is 0 Å². The zero-order valence-corrected chi connectivity index (χ0v) is 9.36. The second kappa shape index (κ2) is 4.10. The summed E-state index contributed by atoms with van der Waals surface area (Å²) in [6, 6.07) is 7.52. The van der Waals surface area contributed by atoms with Crippen LogP contribution in [0.3, 0.4) is 0 Å². The highest BCUT2D eigenvalue weighted by molar-refractivity contribution is 5.63. The molecule has 1 heterocycles. The minimum atomic E-state index is -0.446. The molecular weight excluding hydrogens is 204 g/mol. The van der Waals surface area contributed by atoms with Crippen molar-refractivity contribution in [1.29, 1.82) is 0 Å². The standard InChI is InChI=1S/C13H14O3/c1-8(2)9-4-3-5-12-10(6-9)11(7-14)13(15)16-12/h3-6,8,14H,7H2,1-2H3. The van der Waals surface area contributed by atoms with Crippen molar-refractivity contribution in [2.24, 2.45) is 0 Å². The Bertz CT molecular complexity index is 525. The third-order valence-electron chi connectivity index (χ3n) is 2.71.